The van der Waals surface area contributed by atoms with Gasteiger partial charge in [0.2, 0.25) is 10.0 Å². The monoisotopic (exact) mass is 372 g/mol. The molecule has 0 radical (unpaired) electrons. The van der Waals surface area contributed by atoms with Gasteiger partial charge in [0, 0.05) is 25.2 Å². The fourth-order valence-corrected chi connectivity index (χ4v) is 3.65. The van der Waals surface area contributed by atoms with Crippen LogP contribution >= 0.6 is 0 Å². The molecule has 0 bridgehead atoms. The van der Waals surface area contributed by atoms with E-state index in [1.165, 1.54) is 18.2 Å². The number of benzene rings is 2. The molecule has 0 amide bonds. The predicted molar refractivity (Wildman–Crippen MR) is 95.6 cm³/mol. The van der Waals surface area contributed by atoms with Crippen LogP contribution in [0.5, 0.6) is 0 Å². The summed E-state index contributed by atoms with van der Waals surface area (Å²) in [5.41, 5.74) is 1.16. The number of sulfonamides is 1. The number of rotatable bonds is 7. The number of nitrogens with one attached hydrogen (secondary N) is 1. The minimum atomic E-state index is -3.98. The molecule has 3 aromatic rings. The predicted octanol–water partition coefficient (Wildman–Crippen LogP) is 2.30. The van der Waals surface area contributed by atoms with Crippen molar-refractivity contribution < 1.29 is 13.3 Å². The van der Waals surface area contributed by atoms with E-state index in [0.717, 1.165) is 11.8 Å². The third kappa shape index (κ3) is 3.95. The van der Waals surface area contributed by atoms with Gasteiger partial charge in [0.1, 0.15) is 0 Å². The molecule has 0 spiro atoms. The standard InChI is InChI=1S/C17H16N4O4S/c22-21(23)16-8-4-5-9-17(16)26(24,25)18-12-10-14-11-13-20(19-14)15-6-2-1-3-7-15/h1-9,11,13,18H,10,12H2. The quantitative estimate of drug-likeness (QED) is 0.506. The molecule has 0 aliphatic rings. The van der Waals surface area contributed by atoms with Gasteiger partial charge in [0.25, 0.3) is 5.69 Å². The molecule has 26 heavy (non-hydrogen) atoms. The van der Waals surface area contributed by atoms with Crippen LogP contribution in [-0.4, -0.2) is 29.7 Å². The van der Waals surface area contributed by atoms with Crippen molar-refractivity contribution in [3.8, 4) is 5.69 Å². The first-order chi connectivity index (χ1) is 12.5. The lowest BCUT2D eigenvalue weighted by Crippen LogP contribution is -2.26. The molecule has 0 saturated carbocycles. The van der Waals surface area contributed by atoms with E-state index in [0.29, 0.717) is 12.1 Å². The Kier molecular flexibility index (Phi) is 5.10. The lowest BCUT2D eigenvalue weighted by molar-refractivity contribution is -0.387. The van der Waals surface area contributed by atoms with E-state index in [9.17, 15) is 18.5 Å². The van der Waals surface area contributed by atoms with Crippen molar-refractivity contribution in [2.24, 2.45) is 0 Å². The number of aromatic nitrogens is 2. The van der Waals surface area contributed by atoms with Gasteiger partial charge >= 0.3 is 0 Å². The molecule has 2 aromatic carbocycles. The minimum Gasteiger partial charge on any atom is -0.258 e. The number of hydrogen-bond donors (Lipinski definition) is 1. The molecule has 134 valence electrons. The highest BCUT2D eigenvalue weighted by Gasteiger charge is 2.24. The number of nitro groups is 1. The SMILES string of the molecule is O=[N+]([O-])c1ccccc1S(=O)(=O)NCCc1ccn(-c2ccccc2)n1. The van der Waals surface area contributed by atoms with E-state index in [2.05, 4.69) is 9.82 Å². The molecular formula is C17H16N4O4S. The first kappa shape index (κ1) is 17.8. The topological polar surface area (TPSA) is 107 Å². The normalized spacial score (nSPS) is 11.4. The van der Waals surface area contributed by atoms with Crippen molar-refractivity contribution in [1.82, 2.24) is 14.5 Å². The molecule has 8 nitrogen and oxygen atoms in total. The van der Waals surface area contributed by atoms with Crippen LogP contribution in [0.2, 0.25) is 0 Å². The summed E-state index contributed by atoms with van der Waals surface area (Å²) >= 11 is 0. The maximum absolute atomic E-state index is 12.3. The first-order valence-corrected chi connectivity index (χ1v) is 9.29. The molecule has 0 atom stereocenters. The molecular weight excluding hydrogens is 356 g/mol. The Hall–Kier alpha value is -3.04. The molecule has 0 aliphatic heterocycles. The largest absolute Gasteiger partial charge is 0.289 e. The second kappa shape index (κ2) is 7.46. The third-order valence-electron chi connectivity index (χ3n) is 3.69. The van der Waals surface area contributed by atoms with Crippen LogP contribution in [0.3, 0.4) is 0 Å². The van der Waals surface area contributed by atoms with Crippen molar-refractivity contribution in [3.63, 3.8) is 0 Å². The highest BCUT2D eigenvalue weighted by molar-refractivity contribution is 7.89. The van der Waals surface area contributed by atoms with Crippen LogP contribution in [0, 0.1) is 10.1 Å². The highest BCUT2D eigenvalue weighted by Crippen LogP contribution is 2.22. The molecule has 1 N–H and O–H groups in total. The van der Waals surface area contributed by atoms with Crippen LogP contribution in [0.4, 0.5) is 5.69 Å². The third-order valence-corrected chi connectivity index (χ3v) is 5.20. The van der Waals surface area contributed by atoms with E-state index < -0.39 is 20.6 Å². The summed E-state index contributed by atoms with van der Waals surface area (Å²) in [5.74, 6) is 0. The fourth-order valence-electron chi connectivity index (χ4n) is 2.45. The molecule has 0 aliphatic carbocycles. The smallest absolute Gasteiger partial charge is 0.258 e. The van der Waals surface area contributed by atoms with Crippen LogP contribution in [-0.2, 0) is 16.4 Å². The van der Waals surface area contributed by atoms with Crippen molar-refractivity contribution in [1.29, 1.82) is 0 Å². The van der Waals surface area contributed by atoms with Gasteiger partial charge in [-0.2, -0.15) is 5.10 Å². The van der Waals surface area contributed by atoms with E-state index in [-0.39, 0.29) is 11.4 Å². The average Bonchev–Trinajstić information content (AvgIpc) is 3.11. The zero-order chi connectivity index (χ0) is 18.6. The van der Waals surface area contributed by atoms with Crippen LogP contribution in [0.1, 0.15) is 5.69 Å². The Labute approximate surface area is 150 Å². The van der Waals surface area contributed by atoms with Crippen molar-refractivity contribution in [2.75, 3.05) is 6.54 Å². The number of nitrogens with zero attached hydrogens (tertiary/aromatic N) is 3. The van der Waals surface area contributed by atoms with Gasteiger partial charge in [0.05, 0.1) is 16.3 Å². The van der Waals surface area contributed by atoms with Gasteiger partial charge in [-0.3, -0.25) is 10.1 Å². The van der Waals surface area contributed by atoms with Crippen molar-refractivity contribution >= 4 is 15.7 Å². The van der Waals surface area contributed by atoms with Crippen molar-refractivity contribution in [3.05, 3.63) is 82.7 Å². The molecule has 1 heterocycles. The summed E-state index contributed by atoms with van der Waals surface area (Å²) in [6.07, 6.45) is 2.15. The summed E-state index contributed by atoms with van der Waals surface area (Å²) in [7, 11) is -3.98. The number of hydrogen-bond acceptors (Lipinski definition) is 5. The highest BCUT2D eigenvalue weighted by atomic mass is 32.2. The summed E-state index contributed by atoms with van der Waals surface area (Å²) in [4.78, 5) is 9.94. The fraction of sp³-hybridized carbons (Fsp3) is 0.118. The lowest BCUT2D eigenvalue weighted by Gasteiger charge is -2.06. The van der Waals surface area contributed by atoms with Crippen LogP contribution in [0.15, 0.2) is 71.8 Å². The Balaban J connectivity index is 1.67. The van der Waals surface area contributed by atoms with Crippen molar-refractivity contribution in [2.45, 2.75) is 11.3 Å². The second-order valence-corrected chi connectivity index (χ2v) is 7.20. The Morgan fingerprint density at radius 2 is 1.73 bits per heavy atom. The van der Waals surface area contributed by atoms with Crippen LogP contribution in [0.25, 0.3) is 5.69 Å². The average molecular weight is 372 g/mol. The Morgan fingerprint density at radius 1 is 1.04 bits per heavy atom. The maximum Gasteiger partial charge on any atom is 0.289 e. The molecule has 0 saturated heterocycles. The van der Waals surface area contributed by atoms with Crippen LogP contribution < -0.4 is 4.72 Å². The Bertz CT molecular complexity index is 1020. The zero-order valence-corrected chi connectivity index (χ0v) is 14.5. The van der Waals surface area contributed by atoms with Gasteiger partial charge in [-0.25, -0.2) is 17.8 Å². The molecule has 0 fully saturated rings. The zero-order valence-electron chi connectivity index (χ0n) is 13.6. The molecule has 0 unspecified atom stereocenters. The van der Waals surface area contributed by atoms with E-state index >= 15 is 0 Å². The molecule has 9 heteroatoms. The van der Waals surface area contributed by atoms with E-state index in [1.807, 2.05) is 30.3 Å². The summed E-state index contributed by atoms with van der Waals surface area (Å²) in [5, 5.41) is 15.4. The lowest BCUT2D eigenvalue weighted by atomic mass is 10.3. The maximum atomic E-state index is 12.3. The minimum absolute atomic E-state index is 0.0835. The molecule has 1 aromatic heterocycles. The van der Waals surface area contributed by atoms with E-state index in [1.54, 1.807) is 16.9 Å². The number of nitro benzene ring substituents is 1. The van der Waals surface area contributed by atoms with Gasteiger partial charge in [0.15, 0.2) is 4.90 Å². The second-order valence-electron chi connectivity index (χ2n) is 5.46. The molecule has 3 rings (SSSR count). The van der Waals surface area contributed by atoms with Gasteiger partial charge < -0.3 is 0 Å². The van der Waals surface area contributed by atoms with Gasteiger partial charge in [-0.1, -0.05) is 30.3 Å². The summed E-state index contributed by atoms with van der Waals surface area (Å²) < 4.78 is 28.8. The van der Waals surface area contributed by atoms with Gasteiger partial charge in [-0.05, 0) is 24.3 Å². The summed E-state index contributed by atoms with van der Waals surface area (Å²) in [6, 6.07) is 16.6. The van der Waals surface area contributed by atoms with E-state index in [4.69, 9.17) is 0 Å². The first-order valence-electron chi connectivity index (χ1n) is 7.80. The number of para-hydroxylation sites is 2. The van der Waals surface area contributed by atoms with Gasteiger partial charge in [-0.15, -0.1) is 0 Å². The Morgan fingerprint density at radius 3 is 2.46 bits per heavy atom. The summed E-state index contributed by atoms with van der Waals surface area (Å²) in [6.45, 7) is 0.0835.